The van der Waals surface area contributed by atoms with Crippen LogP contribution in [0.1, 0.15) is 34.6 Å². The van der Waals surface area contributed by atoms with Gasteiger partial charge in [0.15, 0.2) is 6.61 Å². The Balaban J connectivity index is 1.34. The first-order valence-electron chi connectivity index (χ1n) is 10.4. The van der Waals surface area contributed by atoms with E-state index >= 15 is 0 Å². The summed E-state index contributed by atoms with van der Waals surface area (Å²) in [6, 6.07) is 25.8. The van der Waals surface area contributed by atoms with Crippen molar-refractivity contribution in [1.29, 1.82) is 0 Å². The van der Waals surface area contributed by atoms with Crippen LogP contribution in [0.4, 0.5) is 0 Å². The molecule has 0 unspecified atom stereocenters. The van der Waals surface area contributed by atoms with Crippen LogP contribution in [0.15, 0.2) is 89.3 Å². The summed E-state index contributed by atoms with van der Waals surface area (Å²) in [5.74, 6) is 0.447. The van der Waals surface area contributed by atoms with Gasteiger partial charge in [-0.1, -0.05) is 60.7 Å². The zero-order valence-corrected chi connectivity index (χ0v) is 17.7. The molecule has 0 bridgehead atoms. The molecule has 162 valence electrons. The molecular weight excluding hydrogens is 404 g/mol. The molecule has 1 atom stereocenters. The maximum atomic E-state index is 12.6. The number of fused-ring (bicyclic) bond motifs is 1. The van der Waals surface area contributed by atoms with Crippen LogP contribution >= 0.6 is 0 Å². The largest absolute Gasteiger partial charge is 0.483 e. The van der Waals surface area contributed by atoms with Gasteiger partial charge in [-0.3, -0.25) is 9.59 Å². The average molecular weight is 428 g/mol. The lowest BCUT2D eigenvalue weighted by Gasteiger charge is -2.14. The molecule has 0 radical (unpaired) electrons. The Morgan fingerprint density at radius 1 is 0.938 bits per heavy atom. The minimum Gasteiger partial charge on any atom is -0.483 e. The van der Waals surface area contributed by atoms with Crippen molar-refractivity contribution in [2.45, 2.75) is 19.5 Å². The first-order valence-corrected chi connectivity index (χ1v) is 10.4. The minimum atomic E-state index is -0.317. The number of nitrogens with one attached hydrogen (secondary N) is 2. The predicted octanol–water partition coefficient (Wildman–Crippen LogP) is 4.62. The maximum absolute atomic E-state index is 12.6. The predicted molar refractivity (Wildman–Crippen MR) is 122 cm³/mol. The van der Waals surface area contributed by atoms with Gasteiger partial charge in [0.25, 0.3) is 11.8 Å². The molecule has 2 N–H and O–H groups in total. The second-order valence-electron chi connectivity index (χ2n) is 7.43. The normalized spacial score (nSPS) is 11.7. The van der Waals surface area contributed by atoms with Crippen LogP contribution in [-0.2, 0) is 11.3 Å². The van der Waals surface area contributed by atoms with Crippen LogP contribution < -0.4 is 15.4 Å². The number of carbonyl (C=O) groups is 2. The van der Waals surface area contributed by atoms with Crippen molar-refractivity contribution < 1.29 is 18.7 Å². The summed E-state index contributed by atoms with van der Waals surface area (Å²) in [6.45, 7) is 2.04. The topological polar surface area (TPSA) is 80.6 Å². The highest BCUT2D eigenvalue weighted by molar-refractivity contribution is 5.97. The highest BCUT2D eigenvalue weighted by atomic mass is 16.5. The smallest absolute Gasteiger partial charge is 0.258 e. The summed E-state index contributed by atoms with van der Waals surface area (Å²) < 4.78 is 11.5. The van der Waals surface area contributed by atoms with Crippen molar-refractivity contribution in [2.75, 3.05) is 6.61 Å². The summed E-state index contributed by atoms with van der Waals surface area (Å²) in [5.41, 5.74) is 2.15. The standard InChI is InChI=1S/C26H24N2O4/c1-18(24-15-20-11-5-7-13-22(20)32-24)28-25(29)17-31-23-14-8-6-12-21(23)26(30)27-16-19-9-3-2-4-10-19/h2-15,18H,16-17H2,1H3,(H,27,30)(H,28,29)/t18-/m0/s1. The fourth-order valence-electron chi connectivity index (χ4n) is 3.37. The van der Waals surface area contributed by atoms with E-state index in [-0.39, 0.29) is 24.5 Å². The number of rotatable bonds is 8. The van der Waals surface area contributed by atoms with Crippen LogP contribution in [-0.4, -0.2) is 18.4 Å². The number of benzene rings is 3. The van der Waals surface area contributed by atoms with E-state index in [0.29, 0.717) is 23.6 Å². The zero-order chi connectivity index (χ0) is 22.3. The van der Waals surface area contributed by atoms with Crippen molar-refractivity contribution in [2.24, 2.45) is 0 Å². The molecule has 4 rings (SSSR count). The molecule has 6 heteroatoms. The van der Waals surface area contributed by atoms with Gasteiger partial charge in [-0.15, -0.1) is 0 Å². The van der Waals surface area contributed by atoms with Gasteiger partial charge >= 0.3 is 0 Å². The molecule has 0 aliphatic carbocycles. The average Bonchev–Trinajstić information content (AvgIpc) is 3.27. The Morgan fingerprint density at radius 2 is 1.66 bits per heavy atom. The molecule has 2 amide bonds. The van der Waals surface area contributed by atoms with E-state index in [4.69, 9.17) is 9.15 Å². The van der Waals surface area contributed by atoms with Gasteiger partial charge in [-0.05, 0) is 36.8 Å². The van der Waals surface area contributed by atoms with E-state index in [9.17, 15) is 9.59 Å². The highest BCUT2D eigenvalue weighted by Gasteiger charge is 2.16. The van der Waals surface area contributed by atoms with E-state index in [2.05, 4.69) is 10.6 Å². The number of hydrogen-bond acceptors (Lipinski definition) is 4. The Hall–Kier alpha value is -4.06. The van der Waals surface area contributed by atoms with Gasteiger partial charge < -0.3 is 19.8 Å². The number of ether oxygens (including phenoxy) is 1. The Morgan fingerprint density at radius 3 is 2.47 bits per heavy atom. The third-order valence-electron chi connectivity index (χ3n) is 5.04. The first kappa shape index (κ1) is 21.2. The molecule has 0 fully saturated rings. The van der Waals surface area contributed by atoms with E-state index in [0.717, 1.165) is 16.5 Å². The number of amides is 2. The van der Waals surface area contributed by atoms with E-state index < -0.39 is 0 Å². The molecule has 0 saturated heterocycles. The molecule has 0 saturated carbocycles. The lowest BCUT2D eigenvalue weighted by Crippen LogP contribution is -2.31. The molecule has 0 aliphatic rings. The van der Waals surface area contributed by atoms with E-state index in [1.165, 1.54) is 0 Å². The fraction of sp³-hybridized carbons (Fsp3) is 0.154. The summed E-state index contributed by atoms with van der Waals surface area (Å²) >= 11 is 0. The molecule has 1 aromatic heterocycles. The van der Waals surface area contributed by atoms with Gasteiger partial charge in [0.1, 0.15) is 17.1 Å². The zero-order valence-electron chi connectivity index (χ0n) is 17.7. The number of para-hydroxylation sites is 2. The third kappa shape index (κ3) is 5.16. The molecule has 0 aliphatic heterocycles. The first-order chi connectivity index (χ1) is 15.6. The highest BCUT2D eigenvalue weighted by Crippen LogP contribution is 2.23. The van der Waals surface area contributed by atoms with Crippen molar-refractivity contribution in [1.82, 2.24) is 10.6 Å². The lowest BCUT2D eigenvalue weighted by atomic mass is 10.1. The molecular formula is C26H24N2O4. The van der Waals surface area contributed by atoms with E-state index in [1.54, 1.807) is 24.3 Å². The van der Waals surface area contributed by atoms with Crippen LogP contribution in [0.2, 0.25) is 0 Å². The molecule has 4 aromatic rings. The van der Waals surface area contributed by atoms with Gasteiger partial charge in [-0.25, -0.2) is 0 Å². The minimum absolute atomic E-state index is 0.215. The number of carbonyl (C=O) groups excluding carboxylic acids is 2. The summed E-state index contributed by atoms with van der Waals surface area (Å²) in [7, 11) is 0. The Kier molecular flexibility index (Phi) is 6.51. The second-order valence-corrected chi connectivity index (χ2v) is 7.43. The number of hydrogen-bond donors (Lipinski definition) is 2. The maximum Gasteiger partial charge on any atom is 0.258 e. The number of furan rings is 1. The van der Waals surface area contributed by atoms with Gasteiger partial charge in [0.2, 0.25) is 0 Å². The van der Waals surface area contributed by atoms with Gasteiger partial charge in [-0.2, -0.15) is 0 Å². The monoisotopic (exact) mass is 428 g/mol. The van der Waals surface area contributed by atoms with Crippen LogP contribution in [0.3, 0.4) is 0 Å². The molecule has 32 heavy (non-hydrogen) atoms. The van der Waals surface area contributed by atoms with Crippen LogP contribution in [0.5, 0.6) is 5.75 Å². The molecule has 1 heterocycles. The van der Waals surface area contributed by atoms with Gasteiger partial charge in [0, 0.05) is 11.9 Å². The lowest BCUT2D eigenvalue weighted by molar-refractivity contribution is -0.123. The van der Waals surface area contributed by atoms with Crippen LogP contribution in [0, 0.1) is 0 Å². The van der Waals surface area contributed by atoms with Crippen molar-refractivity contribution in [3.05, 3.63) is 102 Å². The third-order valence-corrected chi connectivity index (χ3v) is 5.04. The Bertz CT molecular complexity index is 1180. The second kappa shape index (κ2) is 9.83. The Labute approximate surface area is 186 Å². The summed E-state index contributed by atoms with van der Waals surface area (Å²) in [5, 5.41) is 6.72. The SMILES string of the molecule is C[C@H](NC(=O)COc1ccccc1C(=O)NCc1ccccc1)c1cc2ccccc2o1. The van der Waals surface area contributed by atoms with Crippen LogP contribution in [0.25, 0.3) is 11.0 Å². The molecule has 6 nitrogen and oxygen atoms in total. The fourth-order valence-corrected chi connectivity index (χ4v) is 3.37. The van der Waals surface area contributed by atoms with E-state index in [1.807, 2.05) is 67.6 Å². The van der Waals surface area contributed by atoms with Crippen molar-refractivity contribution in [3.63, 3.8) is 0 Å². The summed E-state index contributed by atoms with van der Waals surface area (Å²) in [4.78, 5) is 25.1. The molecule has 0 spiro atoms. The van der Waals surface area contributed by atoms with Crippen molar-refractivity contribution >= 4 is 22.8 Å². The molecule has 3 aromatic carbocycles. The van der Waals surface area contributed by atoms with Crippen molar-refractivity contribution in [3.8, 4) is 5.75 Å². The van der Waals surface area contributed by atoms with Gasteiger partial charge in [0.05, 0.1) is 11.6 Å². The quantitative estimate of drug-likeness (QED) is 0.429. The summed E-state index contributed by atoms with van der Waals surface area (Å²) in [6.07, 6.45) is 0.